The molecule has 0 bridgehead atoms. The van der Waals surface area contributed by atoms with E-state index in [4.69, 9.17) is 27.9 Å². The van der Waals surface area contributed by atoms with E-state index in [-0.39, 0.29) is 12.6 Å². The molecule has 3 rings (SSSR count). The maximum absolute atomic E-state index is 12.0. The van der Waals surface area contributed by atoms with Crippen molar-refractivity contribution >= 4 is 40.3 Å². The number of hydrogen-bond acceptors (Lipinski definition) is 5. The van der Waals surface area contributed by atoms with Gasteiger partial charge in [-0.25, -0.2) is 19.7 Å². The molecular formula is C17H14Cl2N4O2. The Morgan fingerprint density at radius 3 is 2.76 bits per heavy atom. The molecule has 8 heteroatoms. The Bertz CT molecular complexity index is 909. The summed E-state index contributed by atoms with van der Waals surface area (Å²) < 4.78 is 7.14. The predicted molar refractivity (Wildman–Crippen MR) is 95.6 cm³/mol. The monoisotopic (exact) mass is 376 g/mol. The largest absolute Gasteiger partial charge is 0.458 e. The topological polar surface area (TPSA) is 69.9 Å². The van der Waals surface area contributed by atoms with Crippen LogP contribution in [0, 0.1) is 0 Å². The van der Waals surface area contributed by atoms with Crippen LogP contribution in [0.1, 0.15) is 16.8 Å². The van der Waals surface area contributed by atoms with E-state index >= 15 is 0 Å². The summed E-state index contributed by atoms with van der Waals surface area (Å²) in [5.74, 6) is -0.385. The molecule has 1 aromatic carbocycles. The lowest BCUT2D eigenvalue weighted by molar-refractivity contribution is 0.0537. The molecule has 0 N–H and O–H groups in total. The Kier molecular flexibility index (Phi) is 5.63. The number of imidazole rings is 1. The van der Waals surface area contributed by atoms with Crippen LogP contribution in [0.4, 0.5) is 0 Å². The maximum Gasteiger partial charge on any atom is 0.338 e. The molecule has 0 saturated carbocycles. The molecule has 25 heavy (non-hydrogen) atoms. The third kappa shape index (κ3) is 4.15. The summed E-state index contributed by atoms with van der Waals surface area (Å²) in [5.41, 5.74) is 3.92. The van der Waals surface area contributed by atoms with E-state index in [1.54, 1.807) is 30.6 Å². The first-order valence-corrected chi connectivity index (χ1v) is 8.32. The van der Waals surface area contributed by atoms with Crippen molar-refractivity contribution in [1.29, 1.82) is 0 Å². The molecule has 0 spiro atoms. The second kappa shape index (κ2) is 8.09. The summed E-state index contributed by atoms with van der Waals surface area (Å²) in [7, 11) is 0. The minimum atomic E-state index is -0.385. The van der Waals surface area contributed by atoms with Crippen molar-refractivity contribution in [2.24, 2.45) is 0 Å². The van der Waals surface area contributed by atoms with E-state index in [0.717, 1.165) is 5.57 Å². The van der Waals surface area contributed by atoms with Crippen molar-refractivity contribution in [2.45, 2.75) is 13.0 Å². The van der Waals surface area contributed by atoms with Gasteiger partial charge in [-0.1, -0.05) is 41.4 Å². The Hall–Kier alpha value is -2.44. The van der Waals surface area contributed by atoms with E-state index in [1.807, 2.05) is 10.6 Å². The number of rotatable bonds is 6. The van der Waals surface area contributed by atoms with Gasteiger partial charge in [-0.2, -0.15) is 0 Å². The number of halogens is 2. The lowest BCUT2D eigenvalue weighted by atomic mass is 10.2. The number of aryl methyl sites for hydroxylation is 1. The molecule has 0 unspecified atom stereocenters. The number of esters is 1. The molecule has 2 heterocycles. The van der Waals surface area contributed by atoms with Crippen LogP contribution < -0.4 is 0 Å². The zero-order valence-electron chi connectivity index (χ0n) is 13.1. The minimum absolute atomic E-state index is 0.125. The van der Waals surface area contributed by atoms with E-state index in [1.165, 1.54) is 11.9 Å². The zero-order valence-corrected chi connectivity index (χ0v) is 14.6. The Morgan fingerprint density at radius 1 is 1.20 bits per heavy atom. The molecule has 128 valence electrons. The van der Waals surface area contributed by atoms with Gasteiger partial charge in [0.15, 0.2) is 10.8 Å². The molecule has 0 aliphatic carbocycles. The van der Waals surface area contributed by atoms with Crippen LogP contribution in [0.2, 0.25) is 5.15 Å². The molecule has 0 fully saturated rings. The fourth-order valence-electron chi connectivity index (χ4n) is 2.25. The van der Waals surface area contributed by atoms with E-state index in [0.29, 0.717) is 34.8 Å². The van der Waals surface area contributed by atoms with Gasteiger partial charge in [-0.3, -0.25) is 0 Å². The SMILES string of the molecule is O=C(OC/C(=C\Cl)CCn1cnc2c(Cl)ncnc21)c1ccccc1. The number of ether oxygens (including phenoxy) is 1. The average molecular weight is 377 g/mol. The molecule has 0 radical (unpaired) electrons. The molecule has 6 nitrogen and oxygen atoms in total. The molecule has 0 saturated heterocycles. The average Bonchev–Trinajstić information content (AvgIpc) is 3.07. The standard InChI is InChI=1S/C17H14Cl2N4O2/c18-8-12(9-25-17(24)13-4-2-1-3-5-13)6-7-23-11-22-14-15(19)20-10-21-16(14)23/h1-5,8,10-11H,6-7,9H2/b12-8-. The fourth-order valence-corrected chi connectivity index (χ4v) is 2.60. The Labute approximate surface area is 154 Å². The lowest BCUT2D eigenvalue weighted by Crippen LogP contribution is -2.09. The third-order valence-corrected chi connectivity index (χ3v) is 4.17. The smallest absolute Gasteiger partial charge is 0.338 e. The first-order chi connectivity index (χ1) is 12.2. The van der Waals surface area contributed by atoms with Crippen LogP contribution in [-0.4, -0.2) is 32.1 Å². The molecule has 0 atom stereocenters. The fraction of sp³-hybridized carbons (Fsp3) is 0.176. The second-order valence-corrected chi connectivity index (χ2v) is 5.81. The Morgan fingerprint density at radius 2 is 2.00 bits per heavy atom. The summed E-state index contributed by atoms with van der Waals surface area (Å²) in [4.78, 5) is 24.3. The van der Waals surface area contributed by atoms with Gasteiger partial charge < -0.3 is 9.30 Å². The molecule has 2 aromatic heterocycles. The van der Waals surface area contributed by atoms with Crippen LogP contribution in [0.3, 0.4) is 0 Å². The zero-order chi connectivity index (χ0) is 17.6. The molecule has 0 aliphatic rings. The number of hydrogen-bond donors (Lipinski definition) is 0. The van der Waals surface area contributed by atoms with Crippen LogP contribution in [0.5, 0.6) is 0 Å². The van der Waals surface area contributed by atoms with Gasteiger partial charge in [-0.15, -0.1) is 0 Å². The van der Waals surface area contributed by atoms with Gasteiger partial charge in [0, 0.05) is 12.1 Å². The predicted octanol–water partition coefficient (Wildman–Crippen LogP) is 3.85. The number of aromatic nitrogens is 4. The molecule has 0 amide bonds. The van der Waals surface area contributed by atoms with Crippen molar-refractivity contribution in [3.8, 4) is 0 Å². The van der Waals surface area contributed by atoms with Crippen molar-refractivity contribution in [3.63, 3.8) is 0 Å². The number of carbonyl (C=O) groups is 1. The summed E-state index contributed by atoms with van der Waals surface area (Å²) in [6, 6.07) is 8.81. The van der Waals surface area contributed by atoms with E-state index in [9.17, 15) is 4.79 Å². The number of fused-ring (bicyclic) bond motifs is 1. The molecule has 0 aliphatic heterocycles. The molecule has 3 aromatic rings. The number of benzene rings is 1. The highest BCUT2D eigenvalue weighted by atomic mass is 35.5. The van der Waals surface area contributed by atoms with E-state index in [2.05, 4.69) is 15.0 Å². The minimum Gasteiger partial charge on any atom is -0.458 e. The maximum atomic E-state index is 12.0. The van der Waals surface area contributed by atoms with Crippen molar-refractivity contribution in [2.75, 3.05) is 6.61 Å². The summed E-state index contributed by atoms with van der Waals surface area (Å²) >= 11 is 11.8. The highest BCUT2D eigenvalue weighted by Gasteiger charge is 2.10. The molecular weight excluding hydrogens is 363 g/mol. The van der Waals surface area contributed by atoms with Gasteiger partial charge in [0.1, 0.15) is 18.5 Å². The lowest BCUT2D eigenvalue weighted by Gasteiger charge is -2.09. The number of nitrogens with zero attached hydrogens (tertiary/aromatic N) is 4. The quantitative estimate of drug-likeness (QED) is 0.482. The van der Waals surface area contributed by atoms with Crippen LogP contribution in [0.25, 0.3) is 11.2 Å². The van der Waals surface area contributed by atoms with Crippen LogP contribution in [-0.2, 0) is 11.3 Å². The van der Waals surface area contributed by atoms with Crippen LogP contribution in [0.15, 0.2) is 54.1 Å². The normalized spacial score (nSPS) is 11.7. The van der Waals surface area contributed by atoms with Crippen LogP contribution >= 0.6 is 23.2 Å². The number of carbonyl (C=O) groups excluding carboxylic acids is 1. The first kappa shape index (κ1) is 17.4. The second-order valence-electron chi connectivity index (χ2n) is 5.23. The Balaban J connectivity index is 1.59. The van der Waals surface area contributed by atoms with Crippen molar-refractivity contribution in [3.05, 3.63) is 64.8 Å². The summed E-state index contributed by atoms with van der Waals surface area (Å²) in [6.07, 6.45) is 3.62. The van der Waals surface area contributed by atoms with E-state index < -0.39 is 0 Å². The summed E-state index contributed by atoms with van der Waals surface area (Å²) in [5, 5.41) is 0.314. The highest BCUT2D eigenvalue weighted by Crippen LogP contribution is 2.18. The van der Waals surface area contributed by atoms with Gasteiger partial charge >= 0.3 is 5.97 Å². The third-order valence-electron chi connectivity index (χ3n) is 3.58. The highest BCUT2D eigenvalue weighted by molar-refractivity contribution is 6.33. The summed E-state index contributed by atoms with van der Waals surface area (Å²) in [6.45, 7) is 0.699. The van der Waals surface area contributed by atoms with Gasteiger partial charge in [0.2, 0.25) is 0 Å². The van der Waals surface area contributed by atoms with Gasteiger partial charge in [0.25, 0.3) is 0 Å². The van der Waals surface area contributed by atoms with Crippen molar-refractivity contribution < 1.29 is 9.53 Å². The van der Waals surface area contributed by atoms with Crippen molar-refractivity contribution in [1.82, 2.24) is 19.5 Å². The van der Waals surface area contributed by atoms with Gasteiger partial charge in [-0.05, 0) is 24.1 Å². The first-order valence-electron chi connectivity index (χ1n) is 7.50. The van der Waals surface area contributed by atoms with Gasteiger partial charge in [0.05, 0.1) is 11.9 Å².